The van der Waals surface area contributed by atoms with E-state index in [1.54, 1.807) is 38.3 Å². The number of esters is 3. The van der Waals surface area contributed by atoms with Crippen LogP contribution in [0.25, 0.3) is 0 Å². The lowest BCUT2D eigenvalue weighted by Gasteiger charge is -2.33. The average Bonchev–Trinajstić information content (AvgIpc) is 4.07. The summed E-state index contributed by atoms with van der Waals surface area (Å²) in [5, 5.41) is 0. The molecule has 0 saturated carbocycles. The first-order valence-electron chi connectivity index (χ1n) is 24.5. The summed E-state index contributed by atoms with van der Waals surface area (Å²) in [4.78, 5) is 102. The summed E-state index contributed by atoms with van der Waals surface area (Å²) in [5.41, 5.74) is 1.14. The van der Waals surface area contributed by atoms with Gasteiger partial charge >= 0.3 is 36.2 Å². The van der Waals surface area contributed by atoms with E-state index in [2.05, 4.69) is 19.7 Å². The monoisotopic (exact) mass is 1080 g/mol. The van der Waals surface area contributed by atoms with Crippen molar-refractivity contribution in [2.75, 3.05) is 48.1 Å². The molecule has 0 radical (unpaired) electrons. The lowest BCUT2D eigenvalue weighted by Crippen LogP contribution is -2.48. The van der Waals surface area contributed by atoms with Crippen molar-refractivity contribution < 1.29 is 71.5 Å². The molecule has 424 valence electrons. The number of methoxy groups -OCH3 is 4. The lowest BCUT2D eigenvalue weighted by molar-refractivity contribution is -0.150. The van der Waals surface area contributed by atoms with Crippen LogP contribution in [0.1, 0.15) is 71.6 Å². The van der Waals surface area contributed by atoms with E-state index in [9.17, 15) is 38.4 Å². The highest BCUT2D eigenvalue weighted by molar-refractivity contribution is 5.86. The second-order valence-electron chi connectivity index (χ2n) is 19.1. The molecule has 78 heavy (non-hydrogen) atoms. The van der Waals surface area contributed by atoms with Gasteiger partial charge in [-0.05, 0) is 41.5 Å². The van der Waals surface area contributed by atoms with Crippen molar-refractivity contribution in [1.29, 1.82) is 0 Å². The Morgan fingerprint density at radius 1 is 0.513 bits per heavy atom. The summed E-state index contributed by atoms with van der Waals surface area (Å²) in [6.07, 6.45) is 7.59. The number of allylic oxidation sites excluding steroid dienone is 3. The first-order chi connectivity index (χ1) is 36.4. The zero-order valence-electron chi connectivity index (χ0n) is 44.5. The molecule has 0 aliphatic carbocycles. The Kier molecular flexibility index (Phi) is 26.5. The Labute approximate surface area is 459 Å². The number of carbonyl (C=O) groups is 8. The molecule has 3 aromatic rings. The van der Waals surface area contributed by atoms with Gasteiger partial charge in [0.15, 0.2) is 0 Å². The largest absolute Gasteiger partial charge is 0.504 e. The van der Waals surface area contributed by atoms with Gasteiger partial charge in [0.05, 0.1) is 34.7 Å². The predicted octanol–water partition coefficient (Wildman–Crippen LogP) is 9.72. The third kappa shape index (κ3) is 15.6. The summed E-state index contributed by atoms with van der Waals surface area (Å²) in [6.45, 7) is 17.4. The maximum atomic E-state index is 12.7. The fourth-order valence-corrected chi connectivity index (χ4v) is 10.00. The lowest BCUT2D eigenvalue weighted by atomic mass is 9.73. The molecule has 0 unspecified atom stereocenters. The molecule has 3 aromatic carbocycles. The van der Waals surface area contributed by atoms with Crippen LogP contribution in [0.5, 0.6) is 0 Å². The number of rotatable bonds is 18. The van der Waals surface area contributed by atoms with Gasteiger partial charge in [0.2, 0.25) is 0 Å². The number of ether oxygens (including phenoxy) is 7. The van der Waals surface area contributed by atoms with Crippen LogP contribution in [0.3, 0.4) is 0 Å². The number of nitrogens with zero attached hydrogens (tertiary/aromatic N) is 3. The van der Waals surface area contributed by atoms with Gasteiger partial charge in [-0.3, -0.25) is 14.7 Å². The number of amides is 3. The van der Waals surface area contributed by atoms with E-state index in [4.69, 9.17) is 33.2 Å². The summed E-state index contributed by atoms with van der Waals surface area (Å²) in [5.74, 6) is -2.63. The van der Waals surface area contributed by atoms with Crippen molar-refractivity contribution in [3.8, 4) is 0 Å². The van der Waals surface area contributed by atoms with Crippen molar-refractivity contribution >= 4 is 48.8 Å². The number of hydrogen-bond donors (Lipinski definition) is 0. The SMILES string of the molecule is C.C.C=CC[C@]1(C)/C(=C/OC)CN(C(=O)OCc2ccccc2)[C@@H]1C(=O)OC.C=CC[C@]1(C)[C@@H](C=O)CN(C(=O)OCc2ccccc2)[C@@H]1C(=O)OC.C=CC[C@]1(C)[C@H](C=O)CN(C(=O)OCc2ccccc2)[C@@H]1C(=O)OC. The maximum absolute atomic E-state index is 12.7. The van der Waals surface area contributed by atoms with Gasteiger partial charge in [-0.25, -0.2) is 28.8 Å². The number of likely N-dealkylation sites (tertiary alicyclic amines) is 3. The number of benzene rings is 3. The van der Waals surface area contributed by atoms with Gasteiger partial charge in [0, 0.05) is 47.7 Å². The highest BCUT2D eigenvalue weighted by atomic mass is 16.6. The predicted molar refractivity (Wildman–Crippen MR) is 294 cm³/mol. The minimum atomic E-state index is -0.894. The molecule has 3 amide bonds. The Bertz CT molecular complexity index is 2410. The Balaban J connectivity index is 0.000000395. The van der Waals surface area contributed by atoms with Crippen LogP contribution in [0.15, 0.2) is 141 Å². The van der Waals surface area contributed by atoms with Crippen molar-refractivity contribution in [3.05, 3.63) is 157 Å². The standard InChI is InChI=1S/C20H25NO5.2C19H23NO5.2CH4/c1-5-11-20(2)16(14-24-3)12-21(17(20)18(22)25-4)19(23)26-13-15-9-7-6-8-10-15;2*1-4-10-19(2)15(12-21)11-20(16(19)17(22)24-3)18(23)25-13-14-8-6-5-7-9-14;;/h5-10,14,17H,1,11-13H2,2-4H3;2*4-9,12,15-16H,1,10-11,13H2,2-3H3;2*1H4/b16-14+;;;;/t17-,20-;15-,16+,19+;15-,16-,19-;;/m101../s1. The minimum Gasteiger partial charge on any atom is -0.504 e. The van der Waals surface area contributed by atoms with Crippen LogP contribution in [-0.2, 0) is 77.0 Å². The first-order valence-corrected chi connectivity index (χ1v) is 24.5. The van der Waals surface area contributed by atoms with E-state index < -0.39 is 82.4 Å². The molecular weight excluding hydrogens is 1000 g/mol. The molecule has 0 aromatic heterocycles. The van der Waals surface area contributed by atoms with Gasteiger partial charge in [-0.2, -0.15) is 0 Å². The normalized spacial score (nSPS) is 24.1. The summed E-state index contributed by atoms with van der Waals surface area (Å²) < 4.78 is 36.0. The van der Waals surface area contributed by atoms with Crippen LogP contribution in [0.4, 0.5) is 14.4 Å². The molecule has 6 rings (SSSR count). The second-order valence-corrected chi connectivity index (χ2v) is 19.1. The van der Waals surface area contributed by atoms with E-state index in [1.807, 2.05) is 97.9 Å². The van der Waals surface area contributed by atoms with Crippen LogP contribution in [-0.4, -0.2) is 130 Å². The second kappa shape index (κ2) is 31.3. The number of hydrogen-bond acceptors (Lipinski definition) is 15. The van der Waals surface area contributed by atoms with Crippen LogP contribution >= 0.6 is 0 Å². The summed E-state index contributed by atoms with van der Waals surface area (Å²) in [6, 6.07) is 25.3. The van der Waals surface area contributed by atoms with Crippen molar-refractivity contribution in [2.24, 2.45) is 28.1 Å². The van der Waals surface area contributed by atoms with E-state index in [1.165, 1.54) is 43.1 Å². The molecule has 3 aliphatic heterocycles. The number of carbonyl (C=O) groups excluding carboxylic acids is 8. The van der Waals surface area contributed by atoms with Crippen molar-refractivity contribution in [2.45, 2.75) is 92.8 Å². The van der Waals surface area contributed by atoms with E-state index >= 15 is 0 Å². The molecule has 3 fully saturated rings. The van der Waals surface area contributed by atoms with Crippen LogP contribution in [0, 0.1) is 28.1 Å². The highest BCUT2D eigenvalue weighted by Crippen LogP contribution is 2.47. The molecule has 3 saturated heterocycles. The summed E-state index contributed by atoms with van der Waals surface area (Å²) >= 11 is 0. The van der Waals surface area contributed by atoms with Gasteiger partial charge < -0.3 is 42.7 Å². The van der Waals surface area contributed by atoms with Gasteiger partial charge in [-0.1, -0.05) is 145 Å². The topological polar surface area (TPSA) is 211 Å². The first kappa shape index (κ1) is 66.1. The zero-order chi connectivity index (χ0) is 56.1. The molecule has 3 heterocycles. The molecule has 18 nitrogen and oxygen atoms in total. The molecule has 0 bridgehead atoms. The fraction of sp³-hybridized carbons (Fsp3) is 0.433. The van der Waals surface area contributed by atoms with Crippen LogP contribution < -0.4 is 0 Å². The van der Waals surface area contributed by atoms with E-state index in [0.717, 1.165) is 34.8 Å². The third-order valence-corrected chi connectivity index (χ3v) is 14.3. The minimum absolute atomic E-state index is 0. The van der Waals surface area contributed by atoms with E-state index in [-0.39, 0.29) is 54.3 Å². The van der Waals surface area contributed by atoms with Gasteiger partial charge in [0.25, 0.3) is 0 Å². The molecule has 0 N–H and O–H groups in total. The molecule has 8 atom stereocenters. The van der Waals surface area contributed by atoms with Gasteiger partial charge in [0.1, 0.15) is 50.5 Å². The molecule has 18 heteroatoms. The molecular formula is C60H79N3O15. The van der Waals surface area contributed by atoms with Crippen molar-refractivity contribution in [3.63, 3.8) is 0 Å². The quantitative estimate of drug-likeness (QED) is 0.0381. The smallest absolute Gasteiger partial charge is 0.411 e. The Morgan fingerprint density at radius 3 is 1.13 bits per heavy atom. The Morgan fingerprint density at radius 2 is 0.833 bits per heavy atom. The average molecular weight is 1080 g/mol. The fourth-order valence-electron chi connectivity index (χ4n) is 10.00. The zero-order valence-corrected chi connectivity index (χ0v) is 44.5. The summed E-state index contributed by atoms with van der Waals surface area (Å²) in [7, 11) is 5.36. The van der Waals surface area contributed by atoms with E-state index in [0.29, 0.717) is 19.3 Å². The van der Waals surface area contributed by atoms with Crippen molar-refractivity contribution in [1.82, 2.24) is 14.7 Å². The highest BCUT2D eigenvalue weighted by Gasteiger charge is 2.58. The number of aldehydes is 2. The third-order valence-electron chi connectivity index (χ3n) is 14.3. The van der Waals surface area contributed by atoms with Gasteiger partial charge in [-0.15, -0.1) is 19.7 Å². The maximum Gasteiger partial charge on any atom is 0.411 e. The van der Waals surface area contributed by atoms with Crippen LogP contribution in [0.2, 0.25) is 0 Å². The molecule has 0 spiro atoms. The Hall–Kier alpha value is -8.02. The molecule has 3 aliphatic rings.